The highest BCUT2D eigenvalue weighted by molar-refractivity contribution is 7.91. The molecule has 5 nitrogen and oxygen atoms in total. The summed E-state index contributed by atoms with van der Waals surface area (Å²) < 4.78 is 32.5. The number of hydrogen-bond acceptors (Lipinski definition) is 5. The summed E-state index contributed by atoms with van der Waals surface area (Å²) in [5.41, 5.74) is 0. The third-order valence-corrected chi connectivity index (χ3v) is 7.81. The van der Waals surface area contributed by atoms with Crippen LogP contribution in [0, 0.1) is 0 Å². The van der Waals surface area contributed by atoms with Crippen molar-refractivity contribution < 1.29 is 13.2 Å². The number of sulfonamides is 1. The van der Waals surface area contributed by atoms with Crippen molar-refractivity contribution >= 4 is 21.4 Å². The lowest BCUT2D eigenvalue weighted by molar-refractivity contribution is 0.0925. The van der Waals surface area contributed by atoms with E-state index in [0.29, 0.717) is 29.4 Å². The first-order valence-corrected chi connectivity index (χ1v) is 9.73. The standard InChI is InChI=1S/C14H22N2O3S2/c1-19-13-6-7-15(11-13)12-4-8-16(9-5-12)21(17,18)14-3-2-10-20-14/h2-3,10,12-13H,4-9,11H2,1H3. The second-order valence-electron chi connectivity index (χ2n) is 5.71. The van der Waals surface area contributed by atoms with Gasteiger partial charge >= 0.3 is 0 Å². The Kier molecular flexibility index (Phi) is 4.66. The zero-order valence-corrected chi connectivity index (χ0v) is 13.9. The fourth-order valence-electron chi connectivity index (χ4n) is 3.26. The van der Waals surface area contributed by atoms with E-state index in [1.54, 1.807) is 23.5 Å². The topological polar surface area (TPSA) is 49.9 Å². The predicted molar refractivity (Wildman–Crippen MR) is 83.1 cm³/mol. The van der Waals surface area contributed by atoms with E-state index >= 15 is 0 Å². The maximum absolute atomic E-state index is 12.5. The molecule has 2 aliphatic heterocycles. The van der Waals surface area contributed by atoms with Crippen LogP contribution in [0.2, 0.25) is 0 Å². The molecule has 7 heteroatoms. The number of methoxy groups -OCH3 is 1. The molecule has 0 saturated carbocycles. The van der Waals surface area contributed by atoms with Crippen LogP contribution in [0.25, 0.3) is 0 Å². The van der Waals surface area contributed by atoms with Gasteiger partial charge in [0, 0.05) is 39.3 Å². The van der Waals surface area contributed by atoms with Crippen molar-refractivity contribution in [2.75, 3.05) is 33.3 Å². The molecule has 1 aromatic rings. The maximum atomic E-state index is 12.5. The molecule has 21 heavy (non-hydrogen) atoms. The van der Waals surface area contributed by atoms with Crippen molar-refractivity contribution in [2.45, 2.75) is 35.6 Å². The van der Waals surface area contributed by atoms with E-state index in [2.05, 4.69) is 4.90 Å². The monoisotopic (exact) mass is 330 g/mol. The van der Waals surface area contributed by atoms with Gasteiger partial charge in [-0.3, -0.25) is 4.90 Å². The Morgan fingerprint density at radius 1 is 1.24 bits per heavy atom. The van der Waals surface area contributed by atoms with Gasteiger partial charge in [-0.25, -0.2) is 8.42 Å². The van der Waals surface area contributed by atoms with Crippen molar-refractivity contribution in [3.63, 3.8) is 0 Å². The molecule has 1 atom stereocenters. The molecule has 2 saturated heterocycles. The molecule has 2 fully saturated rings. The van der Waals surface area contributed by atoms with Crippen LogP contribution in [0.15, 0.2) is 21.7 Å². The van der Waals surface area contributed by atoms with Crippen molar-refractivity contribution in [1.29, 1.82) is 0 Å². The Hall–Kier alpha value is -0.470. The molecule has 3 rings (SSSR count). The van der Waals surface area contributed by atoms with Gasteiger partial charge in [0.15, 0.2) is 0 Å². The second kappa shape index (κ2) is 6.34. The Labute approximate surface area is 130 Å². The summed E-state index contributed by atoms with van der Waals surface area (Å²) in [5.74, 6) is 0. The molecular formula is C14H22N2O3S2. The molecule has 1 unspecified atom stereocenters. The Morgan fingerprint density at radius 3 is 2.57 bits per heavy atom. The first-order valence-electron chi connectivity index (χ1n) is 7.42. The number of ether oxygens (including phenoxy) is 1. The van der Waals surface area contributed by atoms with Crippen molar-refractivity contribution in [3.8, 4) is 0 Å². The van der Waals surface area contributed by atoms with Crippen molar-refractivity contribution in [3.05, 3.63) is 17.5 Å². The number of nitrogens with zero attached hydrogens (tertiary/aromatic N) is 2. The molecule has 1 aromatic heterocycles. The highest BCUT2D eigenvalue weighted by Gasteiger charge is 2.34. The molecule has 0 radical (unpaired) electrons. The average Bonchev–Trinajstić information content (AvgIpc) is 3.19. The van der Waals surface area contributed by atoms with E-state index in [1.165, 1.54) is 11.3 Å². The van der Waals surface area contributed by atoms with Crippen LogP contribution in [0.3, 0.4) is 0 Å². The van der Waals surface area contributed by atoms with Crippen LogP contribution in [0.5, 0.6) is 0 Å². The van der Waals surface area contributed by atoms with Crippen LogP contribution in [-0.4, -0.2) is 63.1 Å². The molecule has 0 N–H and O–H groups in total. The van der Waals surface area contributed by atoms with Gasteiger partial charge in [-0.15, -0.1) is 11.3 Å². The fraction of sp³-hybridized carbons (Fsp3) is 0.714. The Morgan fingerprint density at radius 2 is 2.00 bits per heavy atom. The molecule has 2 aliphatic rings. The van der Waals surface area contributed by atoms with Gasteiger partial charge in [0.05, 0.1) is 6.10 Å². The minimum Gasteiger partial charge on any atom is -0.380 e. The molecule has 0 spiro atoms. The van der Waals surface area contributed by atoms with E-state index in [-0.39, 0.29) is 0 Å². The fourth-order valence-corrected chi connectivity index (χ4v) is 5.88. The van der Waals surface area contributed by atoms with Gasteiger partial charge in [-0.1, -0.05) is 6.07 Å². The van der Waals surface area contributed by atoms with Gasteiger partial charge in [-0.2, -0.15) is 4.31 Å². The molecule has 0 bridgehead atoms. The van der Waals surface area contributed by atoms with Gasteiger partial charge < -0.3 is 4.74 Å². The number of likely N-dealkylation sites (tertiary alicyclic amines) is 1. The molecule has 0 amide bonds. The highest BCUT2D eigenvalue weighted by atomic mass is 32.2. The SMILES string of the molecule is COC1CCN(C2CCN(S(=O)(=O)c3cccs3)CC2)C1. The minimum atomic E-state index is -3.27. The lowest BCUT2D eigenvalue weighted by Gasteiger charge is -2.35. The third kappa shape index (κ3) is 3.17. The highest BCUT2D eigenvalue weighted by Crippen LogP contribution is 2.27. The normalized spacial score (nSPS) is 26.4. The predicted octanol–water partition coefficient (Wildman–Crippen LogP) is 1.62. The maximum Gasteiger partial charge on any atom is 0.252 e. The first-order chi connectivity index (χ1) is 10.1. The lowest BCUT2D eigenvalue weighted by atomic mass is 10.1. The van der Waals surface area contributed by atoms with E-state index in [1.807, 2.05) is 5.38 Å². The van der Waals surface area contributed by atoms with Crippen LogP contribution in [0.4, 0.5) is 0 Å². The second-order valence-corrected chi connectivity index (χ2v) is 8.82. The van der Waals surface area contributed by atoms with Gasteiger partial charge in [0.25, 0.3) is 10.0 Å². The number of hydrogen-bond donors (Lipinski definition) is 0. The first kappa shape index (κ1) is 15.4. The summed E-state index contributed by atoms with van der Waals surface area (Å²) in [4.78, 5) is 2.46. The zero-order chi connectivity index (χ0) is 14.9. The summed E-state index contributed by atoms with van der Waals surface area (Å²) in [6.45, 7) is 3.30. The van der Waals surface area contributed by atoms with Crippen LogP contribution in [-0.2, 0) is 14.8 Å². The zero-order valence-electron chi connectivity index (χ0n) is 12.3. The smallest absolute Gasteiger partial charge is 0.252 e. The van der Waals surface area contributed by atoms with Crippen molar-refractivity contribution in [2.24, 2.45) is 0 Å². The Balaban J connectivity index is 1.58. The summed E-state index contributed by atoms with van der Waals surface area (Å²) in [6, 6.07) is 3.98. The van der Waals surface area contributed by atoms with Crippen molar-refractivity contribution in [1.82, 2.24) is 9.21 Å². The summed E-state index contributed by atoms with van der Waals surface area (Å²) in [5, 5.41) is 1.81. The lowest BCUT2D eigenvalue weighted by Crippen LogP contribution is -2.46. The molecule has 118 valence electrons. The van der Waals surface area contributed by atoms with E-state index in [4.69, 9.17) is 4.74 Å². The van der Waals surface area contributed by atoms with Crippen LogP contribution < -0.4 is 0 Å². The molecule has 3 heterocycles. The average molecular weight is 330 g/mol. The molecule has 0 aromatic carbocycles. The van der Waals surface area contributed by atoms with Crippen LogP contribution >= 0.6 is 11.3 Å². The number of thiophene rings is 1. The van der Waals surface area contributed by atoms with Gasteiger partial charge in [-0.05, 0) is 30.7 Å². The largest absolute Gasteiger partial charge is 0.380 e. The summed E-state index contributed by atoms with van der Waals surface area (Å²) >= 11 is 1.30. The van der Waals surface area contributed by atoms with Crippen LogP contribution in [0.1, 0.15) is 19.3 Å². The van der Waals surface area contributed by atoms with E-state index in [0.717, 1.165) is 32.4 Å². The molecule has 0 aliphatic carbocycles. The summed E-state index contributed by atoms with van der Waals surface area (Å²) in [6.07, 6.45) is 3.27. The number of piperidine rings is 1. The quantitative estimate of drug-likeness (QED) is 0.842. The van der Waals surface area contributed by atoms with E-state index in [9.17, 15) is 8.42 Å². The van der Waals surface area contributed by atoms with Gasteiger partial charge in [0.2, 0.25) is 0 Å². The third-order valence-electron chi connectivity index (χ3n) is 4.54. The molecular weight excluding hydrogens is 308 g/mol. The number of rotatable bonds is 4. The summed E-state index contributed by atoms with van der Waals surface area (Å²) in [7, 11) is -1.50. The van der Waals surface area contributed by atoms with Gasteiger partial charge in [0.1, 0.15) is 4.21 Å². The Bertz CT molecular complexity index is 551. The minimum absolute atomic E-state index is 0.345. The van der Waals surface area contributed by atoms with E-state index < -0.39 is 10.0 Å².